The van der Waals surface area contributed by atoms with Gasteiger partial charge in [0.1, 0.15) is 0 Å². The second kappa shape index (κ2) is 7.59. The number of hydrogen-bond donors (Lipinski definition) is 0. The Morgan fingerprint density at radius 3 is 1.60 bits per heavy atom. The Morgan fingerprint density at radius 1 is 0.514 bits per heavy atom. The Hall–Kier alpha value is -3.82. The molecule has 0 bridgehead atoms. The highest BCUT2D eigenvalue weighted by atomic mass is 79.9. The minimum atomic E-state index is 1.12. The van der Waals surface area contributed by atoms with Gasteiger partial charge < -0.3 is 9.13 Å². The van der Waals surface area contributed by atoms with Gasteiger partial charge in [-0.15, -0.1) is 0 Å². The van der Waals surface area contributed by atoms with E-state index in [1.165, 1.54) is 66.1 Å². The van der Waals surface area contributed by atoms with E-state index in [0.717, 1.165) is 4.47 Å². The number of benzene rings is 5. The molecule has 0 fully saturated rings. The van der Waals surface area contributed by atoms with Gasteiger partial charge in [-0.05, 0) is 56.3 Å². The van der Waals surface area contributed by atoms with Crippen molar-refractivity contribution < 1.29 is 0 Å². The summed E-state index contributed by atoms with van der Waals surface area (Å²) >= 11 is 3.97. The number of para-hydroxylation sites is 2. The van der Waals surface area contributed by atoms with E-state index in [9.17, 15) is 0 Å². The molecule has 2 nitrogen and oxygen atoms in total. The van der Waals surface area contributed by atoms with E-state index in [0.29, 0.717) is 0 Å². The van der Waals surface area contributed by atoms with Crippen LogP contribution in [-0.4, -0.2) is 9.13 Å². The van der Waals surface area contributed by atoms with Crippen LogP contribution in [0, 0.1) is 13.8 Å². The molecule has 0 aliphatic carbocycles. The summed E-state index contributed by atoms with van der Waals surface area (Å²) in [6.45, 7) is 4.28. The number of hydrogen-bond acceptors (Lipinski definition) is 0. The van der Waals surface area contributed by atoms with E-state index in [-0.39, 0.29) is 0 Å². The molecule has 7 aromatic rings. The zero-order valence-electron chi connectivity index (χ0n) is 19.6. The topological polar surface area (TPSA) is 9.86 Å². The lowest BCUT2D eigenvalue weighted by molar-refractivity contribution is 1.14. The van der Waals surface area contributed by atoms with Crippen molar-refractivity contribution in [1.29, 1.82) is 0 Å². The monoisotopic (exact) mass is 514 g/mol. The molecule has 2 aromatic heterocycles. The summed E-state index contributed by atoms with van der Waals surface area (Å²) in [4.78, 5) is 0. The molecule has 0 radical (unpaired) electrons. The minimum absolute atomic E-state index is 1.12. The molecule has 3 heteroatoms. The van der Waals surface area contributed by atoms with Crippen LogP contribution in [-0.2, 0) is 0 Å². The van der Waals surface area contributed by atoms with Crippen LogP contribution in [0.5, 0.6) is 0 Å². The van der Waals surface area contributed by atoms with E-state index < -0.39 is 0 Å². The number of fused-ring (bicyclic) bond motifs is 7. The molecule has 0 amide bonds. The summed E-state index contributed by atoms with van der Waals surface area (Å²) in [6.07, 6.45) is 0. The third-order valence-corrected chi connectivity index (χ3v) is 7.73. The first-order valence-corrected chi connectivity index (χ1v) is 12.7. The second-order valence-electron chi connectivity index (χ2n) is 9.35. The average molecular weight is 515 g/mol. The van der Waals surface area contributed by atoms with Gasteiger partial charge >= 0.3 is 0 Å². The predicted octanol–water partition coefficient (Wildman–Crippen LogP) is 9.26. The highest BCUT2D eigenvalue weighted by Gasteiger charge is 2.22. The second-order valence-corrected chi connectivity index (χ2v) is 10.2. The SMILES string of the molecule is Cc1ccc(-n2c3ccccc3c3cc(Br)c4c5ccccc5n(-c5ccc(C)cc5)c4c32)cc1. The fourth-order valence-corrected chi connectivity index (χ4v) is 6.10. The Bertz CT molecular complexity index is 1900. The van der Waals surface area contributed by atoms with Crippen molar-refractivity contribution in [2.24, 2.45) is 0 Å². The fourth-order valence-electron chi connectivity index (χ4n) is 5.47. The lowest BCUT2D eigenvalue weighted by Gasteiger charge is -2.13. The van der Waals surface area contributed by atoms with Crippen LogP contribution in [0.4, 0.5) is 0 Å². The summed E-state index contributed by atoms with van der Waals surface area (Å²) in [7, 11) is 0. The quantitative estimate of drug-likeness (QED) is 0.217. The summed E-state index contributed by atoms with van der Waals surface area (Å²) in [5, 5.41) is 4.99. The van der Waals surface area contributed by atoms with Gasteiger partial charge in [-0.1, -0.05) is 87.7 Å². The van der Waals surface area contributed by atoms with Crippen LogP contribution < -0.4 is 0 Å². The average Bonchev–Trinajstić information content (AvgIpc) is 3.39. The van der Waals surface area contributed by atoms with Crippen LogP contribution in [0.3, 0.4) is 0 Å². The maximum absolute atomic E-state index is 3.97. The maximum Gasteiger partial charge on any atom is 0.0800 e. The Labute approximate surface area is 212 Å². The zero-order chi connectivity index (χ0) is 23.7. The van der Waals surface area contributed by atoms with Crippen LogP contribution in [0.15, 0.2) is 108 Å². The molecule has 0 aliphatic heterocycles. The predicted molar refractivity (Wildman–Crippen MR) is 152 cm³/mol. The van der Waals surface area contributed by atoms with Crippen molar-refractivity contribution >= 4 is 59.5 Å². The van der Waals surface area contributed by atoms with Gasteiger partial charge in [-0.2, -0.15) is 0 Å². The molecule has 35 heavy (non-hydrogen) atoms. The van der Waals surface area contributed by atoms with E-state index >= 15 is 0 Å². The van der Waals surface area contributed by atoms with E-state index in [4.69, 9.17) is 0 Å². The van der Waals surface area contributed by atoms with Crippen molar-refractivity contribution in [1.82, 2.24) is 9.13 Å². The van der Waals surface area contributed by atoms with Crippen LogP contribution in [0.1, 0.15) is 11.1 Å². The number of aryl methyl sites for hydroxylation is 2. The van der Waals surface area contributed by atoms with Crippen LogP contribution >= 0.6 is 15.9 Å². The van der Waals surface area contributed by atoms with E-state index in [1.54, 1.807) is 0 Å². The molecule has 0 N–H and O–H groups in total. The Balaban J connectivity index is 1.79. The summed E-state index contributed by atoms with van der Waals surface area (Å²) in [5.74, 6) is 0. The number of rotatable bonds is 2. The normalized spacial score (nSPS) is 11.9. The summed E-state index contributed by atoms with van der Waals surface area (Å²) < 4.78 is 5.98. The van der Waals surface area contributed by atoms with Crippen molar-refractivity contribution in [3.63, 3.8) is 0 Å². The third kappa shape index (κ3) is 2.95. The van der Waals surface area contributed by atoms with Gasteiger partial charge in [0, 0.05) is 37.4 Å². The molecule has 0 atom stereocenters. The molecule has 5 aromatic carbocycles. The maximum atomic E-state index is 3.97. The first-order chi connectivity index (χ1) is 17.1. The standard InChI is InChI=1S/C32H23BrN2/c1-20-11-15-22(16-12-20)34-28-9-5-3-7-24(28)26-19-27(33)30-25-8-4-6-10-29(25)35(32(30)31(26)34)23-17-13-21(2)14-18-23/h3-19H,1-2H3. The minimum Gasteiger partial charge on any atom is -0.307 e. The third-order valence-electron chi connectivity index (χ3n) is 7.11. The molecule has 0 aliphatic rings. The highest BCUT2D eigenvalue weighted by Crippen LogP contribution is 2.44. The smallest absolute Gasteiger partial charge is 0.0800 e. The Kier molecular flexibility index (Phi) is 4.46. The lowest BCUT2D eigenvalue weighted by atomic mass is 10.1. The lowest BCUT2D eigenvalue weighted by Crippen LogP contribution is -1.99. The molecule has 168 valence electrons. The van der Waals surface area contributed by atoms with Gasteiger partial charge in [-0.25, -0.2) is 0 Å². The van der Waals surface area contributed by atoms with Gasteiger partial charge in [0.25, 0.3) is 0 Å². The number of halogens is 1. The number of aromatic nitrogens is 2. The van der Waals surface area contributed by atoms with Crippen molar-refractivity contribution in [2.75, 3.05) is 0 Å². The van der Waals surface area contributed by atoms with Crippen molar-refractivity contribution in [2.45, 2.75) is 13.8 Å². The van der Waals surface area contributed by atoms with Crippen molar-refractivity contribution in [3.8, 4) is 11.4 Å². The zero-order valence-corrected chi connectivity index (χ0v) is 21.2. The van der Waals surface area contributed by atoms with E-state index in [1.807, 2.05) is 0 Å². The summed E-state index contributed by atoms with van der Waals surface area (Å²) in [5.41, 5.74) is 9.73. The molecule has 0 spiro atoms. The van der Waals surface area contributed by atoms with Crippen LogP contribution in [0.2, 0.25) is 0 Å². The van der Waals surface area contributed by atoms with Gasteiger partial charge in [0.05, 0.1) is 22.1 Å². The summed E-state index contributed by atoms with van der Waals surface area (Å²) in [6, 6.07) is 37.5. The molecule has 7 rings (SSSR count). The molecular formula is C32H23BrN2. The molecular weight excluding hydrogens is 492 g/mol. The Morgan fingerprint density at radius 2 is 1.00 bits per heavy atom. The first kappa shape index (κ1) is 20.5. The molecule has 0 unspecified atom stereocenters. The van der Waals surface area contributed by atoms with Crippen molar-refractivity contribution in [3.05, 3.63) is 119 Å². The first-order valence-electron chi connectivity index (χ1n) is 11.9. The van der Waals surface area contributed by atoms with Gasteiger partial charge in [0.2, 0.25) is 0 Å². The van der Waals surface area contributed by atoms with Gasteiger partial charge in [-0.3, -0.25) is 0 Å². The number of nitrogens with zero attached hydrogens (tertiary/aromatic N) is 2. The fraction of sp³-hybridized carbons (Fsp3) is 0.0625. The van der Waals surface area contributed by atoms with Gasteiger partial charge in [0.15, 0.2) is 0 Å². The highest BCUT2D eigenvalue weighted by molar-refractivity contribution is 9.10. The molecule has 2 heterocycles. The van der Waals surface area contributed by atoms with Crippen LogP contribution in [0.25, 0.3) is 55.0 Å². The van der Waals surface area contributed by atoms with E-state index in [2.05, 4.69) is 142 Å². The molecule has 0 saturated heterocycles. The molecule has 0 saturated carbocycles. The largest absolute Gasteiger partial charge is 0.307 e.